The summed E-state index contributed by atoms with van der Waals surface area (Å²) in [5.74, 6) is -0.370. The number of aliphatic carboxylic acids is 1. The van der Waals surface area contributed by atoms with E-state index in [-0.39, 0.29) is 17.0 Å². The summed E-state index contributed by atoms with van der Waals surface area (Å²) < 4.78 is 2.34. The summed E-state index contributed by atoms with van der Waals surface area (Å²) >= 11 is 1.67. The number of hydrogen-bond donors (Lipinski definition) is 0. The zero-order chi connectivity index (χ0) is 30.1. The molecule has 7 rings (SSSR count). The molecular formula is C31H39N7O4S. The zero-order valence-corrected chi connectivity index (χ0v) is 25.7. The second kappa shape index (κ2) is 12.2. The lowest BCUT2D eigenvalue weighted by molar-refractivity contribution is -0.934. The number of piperazine rings is 4. The van der Waals surface area contributed by atoms with Gasteiger partial charge in [0.25, 0.3) is 11.5 Å². The van der Waals surface area contributed by atoms with Crippen molar-refractivity contribution in [3.63, 3.8) is 0 Å². The first kappa shape index (κ1) is 29.5. The summed E-state index contributed by atoms with van der Waals surface area (Å²) in [6.45, 7) is 13.2. The van der Waals surface area contributed by atoms with Crippen LogP contribution < -0.4 is 15.6 Å². The van der Waals surface area contributed by atoms with E-state index >= 15 is 0 Å². The van der Waals surface area contributed by atoms with Gasteiger partial charge in [-0.25, -0.2) is 9.97 Å². The van der Waals surface area contributed by atoms with Crippen LogP contribution in [0.2, 0.25) is 0 Å². The van der Waals surface area contributed by atoms with E-state index in [0.29, 0.717) is 50.1 Å². The van der Waals surface area contributed by atoms with Gasteiger partial charge in [0, 0.05) is 63.8 Å². The molecule has 7 heterocycles. The van der Waals surface area contributed by atoms with Crippen molar-refractivity contribution in [3.05, 3.63) is 62.0 Å². The van der Waals surface area contributed by atoms with Crippen LogP contribution in [0.15, 0.2) is 34.6 Å². The predicted molar refractivity (Wildman–Crippen MR) is 164 cm³/mol. The number of aromatic nitrogens is 3. The maximum atomic E-state index is 13.6. The molecule has 0 radical (unpaired) electrons. The molecule has 0 aliphatic carbocycles. The van der Waals surface area contributed by atoms with Gasteiger partial charge in [0.1, 0.15) is 11.5 Å². The Hall–Kier alpha value is -3.61. The fourth-order valence-corrected chi connectivity index (χ4v) is 7.32. The van der Waals surface area contributed by atoms with Crippen molar-refractivity contribution in [2.24, 2.45) is 0 Å². The number of carboxylic acids is 1. The fourth-order valence-electron chi connectivity index (χ4n) is 6.36. The molecule has 4 aliphatic rings. The number of anilines is 1. The minimum absolute atomic E-state index is 0.184. The van der Waals surface area contributed by atoms with Crippen LogP contribution in [0.5, 0.6) is 0 Å². The Morgan fingerprint density at radius 2 is 1.77 bits per heavy atom. The molecule has 12 heteroatoms. The van der Waals surface area contributed by atoms with Crippen molar-refractivity contribution in [1.29, 1.82) is 0 Å². The third kappa shape index (κ3) is 6.36. The van der Waals surface area contributed by atoms with E-state index < -0.39 is 5.97 Å². The average Bonchev–Trinajstić information content (AvgIpc) is 3.50. The molecule has 11 nitrogen and oxygen atoms in total. The Balaban J connectivity index is 1.20. The van der Waals surface area contributed by atoms with Crippen LogP contribution in [0, 0.1) is 0 Å². The van der Waals surface area contributed by atoms with E-state index in [2.05, 4.69) is 24.1 Å². The van der Waals surface area contributed by atoms with Crippen LogP contribution in [-0.2, 0) is 22.4 Å². The average molecular weight is 606 g/mol. The lowest BCUT2D eigenvalue weighted by Gasteiger charge is -2.50. The Labute approximate surface area is 255 Å². The topological polar surface area (TPSA) is 114 Å². The molecule has 0 unspecified atom stereocenters. The van der Waals surface area contributed by atoms with E-state index in [0.717, 1.165) is 78.9 Å². The van der Waals surface area contributed by atoms with Crippen LogP contribution in [0.3, 0.4) is 0 Å². The number of pyridine rings is 1. The molecule has 4 saturated heterocycles. The van der Waals surface area contributed by atoms with Crippen molar-refractivity contribution in [2.45, 2.75) is 32.6 Å². The molecule has 2 bridgehead atoms. The van der Waals surface area contributed by atoms with Gasteiger partial charge in [0.2, 0.25) is 0 Å². The molecule has 4 fully saturated rings. The van der Waals surface area contributed by atoms with Crippen molar-refractivity contribution in [1.82, 2.24) is 24.2 Å². The van der Waals surface area contributed by atoms with Gasteiger partial charge in [0.15, 0.2) is 6.54 Å². The van der Waals surface area contributed by atoms with Gasteiger partial charge in [-0.2, -0.15) is 0 Å². The number of nitrogens with zero attached hydrogens (tertiary/aromatic N) is 7. The molecule has 1 amide bonds. The summed E-state index contributed by atoms with van der Waals surface area (Å²) in [7, 11) is 0. The molecule has 43 heavy (non-hydrogen) atoms. The number of fused-ring (bicyclic) bond motifs is 4. The van der Waals surface area contributed by atoms with Gasteiger partial charge < -0.3 is 24.2 Å². The number of carbonyl (C=O) groups excluding carboxylic acids is 2. The molecule has 3 aromatic heterocycles. The molecule has 0 atom stereocenters. The van der Waals surface area contributed by atoms with Crippen molar-refractivity contribution in [3.8, 4) is 0 Å². The fraction of sp³-hybridized carbons (Fsp3) is 0.516. The first-order chi connectivity index (χ1) is 20.7. The highest BCUT2D eigenvalue weighted by atomic mass is 32.1. The maximum absolute atomic E-state index is 13.6. The van der Waals surface area contributed by atoms with Gasteiger partial charge in [-0.1, -0.05) is 13.8 Å². The van der Waals surface area contributed by atoms with E-state index in [1.165, 1.54) is 10.5 Å². The summed E-state index contributed by atoms with van der Waals surface area (Å²) in [5.41, 5.74) is 2.50. The van der Waals surface area contributed by atoms with Gasteiger partial charge >= 0.3 is 0 Å². The van der Waals surface area contributed by atoms with Crippen molar-refractivity contribution >= 4 is 40.8 Å². The number of hydrogen-bond acceptors (Lipinski definition) is 9. The van der Waals surface area contributed by atoms with Gasteiger partial charge in [0.05, 0.1) is 41.9 Å². The Morgan fingerprint density at radius 3 is 2.42 bits per heavy atom. The van der Waals surface area contributed by atoms with E-state index in [1.54, 1.807) is 17.5 Å². The summed E-state index contributed by atoms with van der Waals surface area (Å²) in [6.07, 6.45) is 5.40. The highest BCUT2D eigenvalue weighted by Crippen LogP contribution is 2.23. The highest BCUT2D eigenvalue weighted by molar-refractivity contribution is 7.09. The smallest absolute Gasteiger partial charge is 0.277 e. The standard InChI is InChI=1S/C31H39N7O4S/c1-22(2)25-21-43-27(32-25)5-3-23-7-8-37-26(19-23)33-30(24(31(37)42)4-6-29(40)41)36-11-9-35(10-12-36)28(39)20-38-16-13-34(14-17-38)15-18-38/h4,6-8,19,21-22H,3,5,9-18,20H2,1-2H3/b6-4+. The first-order valence-electron chi connectivity index (χ1n) is 15.2. The Morgan fingerprint density at radius 1 is 1.05 bits per heavy atom. The summed E-state index contributed by atoms with van der Waals surface area (Å²) in [4.78, 5) is 54.1. The third-order valence-corrected chi connectivity index (χ3v) is 10.1. The monoisotopic (exact) mass is 605 g/mol. The van der Waals surface area contributed by atoms with E-state index in [1.807, 2.05) is 21.9 Å². The number of quaternary nitrogens is 1. The molecular weight excluding hydrogens is 566 g/mol. The quantitative estimate of drug-likeness (QED) is 0.258. The van der Waals surface area contributed by atoms with Gasteiger partial charge in [-0.15, -0.1) is 11.3 Å². The Kier molecular flexibility index (Phi) is 8.34. The molecule has 0 saturated carbocycles. The van der Waals surface area contributed by atoms with Crippen LogP contribution in [0.25, 0.3) is 11.7 Å². The number of amides is 1. The molecule has 0 aromatic carbocycles. The second-order valence-corrected chi connectivity index (χ2v) is 13.2. The van der Waals surface area contributed by atoms with Crippen molar-refractivity contribution < 1.29 is 19.2 Å². The number of carboxylic acid groups (broad SMARTS) is 1. The number of thiazole rings is 1. The van der Waals surface area contributed by atoms with E-state index in [4.69, 9.17) is 9.97 Å². The van der Waals surface area contributed by atoms with E-state index in [9.17, 15) is 19.5 Å². The van der Waals surface area contributed by atoms with Crippen LogP contribution >= 0.6 is 11.3 Å². The minimum Gasteiger partial charge on any atom is -0.545 e. The number of carbonyl (C=O) groups is 2. The lowest BCUT2D eigenvalue weighted by atomic mass is 10.1. The van der Waals surface area contributed by atoms with Gasteiger partial charge in [-0.05, 0) is 42.2 Å². The third-order valence-electron chi connectivity index (χ3n) is 9.16. The second-order valence-electron chi connectivity index (χ2n) is 12.3. The minimum atomic E-state index is -1.38. The van der Waals surface area contributed by atoms with Crippen LogP contribution in [0.4, 0.5) is 5.82 Å². The SMILES string of the molecule is CC(C)c1csc(CCc2ccn3c(=O)c(/C=C/C(=O)[O-])c(N4CCN(C(=O)C[N+]56CCN(CC5)CC6)CC4)nc3c2)n1. The van der Waals surface area contributed by atoms with Crippen LogP contribution in [-0.4, -0.2) is 113 Å². The van der Waals surface area contributed by atoms with Crippen LogP contribution in [0.1, 0.15) is 41.6 Å². The largest absolute Gasteiger partial charge is 0.545 e. The number of aryl methyl sites for hydroxylation is 2. The summed E-state index contributed by atoms with van der Waals surface area (Å²) in [5, 5.41) is 14.4. The number of rotatable bonds is 9. The Bertz CT molecular complexity index is 1580. The summed E-state index contributed by atoms with van der Waals surface area (Å²) in [6, 6.07) is 3.82. The molecule has 4 aliphatic heterocycles. The maximum Gasteiger partial charge on any atom is 0.277 e. The van der Waals surface area contributed by atoms with Crippen molar-refractivity contribution in [2.75, 3.05) is 76.9 Å². The first-order valence-corrected chi connectivity index (χ1v) is 16.1. The normalized spacial score (nSPS) is 22.3. The molecule has 3 aromatic rings. The van der Waals surface area contributed by atoms with Gasteiger partial charge in [-0.3, -0.25) is 18.9 Å². The lowest BCUT2D eigenvalue weighted by Crippen LogP contribution is -2.69. The molecule has 0 N–H and O–H groups in total. The zero-order valence-electron chi connectivity index (χ0n) is 24.9. The predicted octanol–water partition coefficient (Wildman–Crippen LogP) is 0.617. The highest BCUT2D eigenvalue weighted by Gasteiger charge is 2.41. The molecule has 0 spiro atoms. The molecule has 228 valence electrons.